The number of hydrogen-bond acceptors (Lipinski definition) is 3. The highest BCUT2D eigenvalue weighted by Crippen LogP contribution is 2.60. The Hall–Kier alpha value is -1.73. The van der Waals surface area contributed by atoms with Gasteiger partial charge in [0, 0.05) is 10.9 Å². The lowest BCUT2D eigenvalue weighted by Gasteiger charge is -2.31. The summed E-state index contributed by atoms with van der Waals surface area (Å²) in [6.07, 6.45) is 0.174. The molecule has 1 aliphatic rings. The second-order valence-corrected chi connectivity index (χ2v) is 12.1. The van der Waals surface area contributed by atoms with E-state index in [1.54, 1.807) is 0 Å². The number of fused-ring (bicyclic) bond motifs is 1. The Labute approximate surface area is 171 Å². The highest BCUT2D eigenvalue weighted by atomic mass is 31.1. The minimum atomic E-state index is -0.506. The molecule has 0 bridgehead atoms. The second-order valence-electron chi connectivity index (χ2n) is 8.87. The molecule has 0 N–H and O–H groups in total. The quantitative estimate of drug-likeness (QED) is 0.531. The molecule has 1 unspecified atom stereocenters. The summed E-state index contributed by atoms with van der Waals surface area (Å²) in [7, 11) is -0.506. The average molecular weight is 400 g/mol. The summed E-state index contributed by atoms with van der Waals surface area (Å²) < 4.78 is 18.7. The summed E-state index contributed by atoms with van der Waals surface area (Å²) in [6, 6.07) is 12.5. The van der Waals surface area contributed by atoms with Crippen molar-refractivity contribution < 1.29 is 14.2 Å². The molecule has 0 saturated heterocycles. The Balaban J connectivity index is 2.27. The van der Waals surface area contributed by atoms with Gasteiger partial charge in [-0.05, 0) is 65.9 Å². The monoisotopic (exact) mass is 400 g/mol. The van der Waals surface area contributed by atoms with Gasteiger partial charge in [0.25, 0.3) is 0 Å². The number of ether oxygens (including phenoxy) is 3. The van der Waals surface area contributed by atoms with Crippen LogP contribution in [0.3, 0.4) is 0 Å². The third-order valence-electron chi connectivity index (χ3n) is 4.61. The fourth-order valence-electron chi connectivity index (χ4n) is 3.85. The summed E-state index contributed by atoms with van der Waals surface area (Å²) in [5, 5.41) is 1.47. The van der Waals surface area contributed by atoms with Gasteiger partial charge in [0.1, 0.15) is 23.1 Å². The normalized spacial score (nSPS) is 18.9. The highest BCUT2D eigenvalue weighted by Gasteiger charge is 2.41. The third-order valence-corrected chi connectivity index (χ3v) is 7.83. The third kappa shape index (κ3) is 4.15. The number of hydrogen-bond donors (Lipinski definition) is 0. The van der Waals surface area contributed by atoms with Gasteiger partial charge in [0.2, 0.25) is 0 Å². The predicted octanol–water partition coefficient (Wildman–Crippen LogP) is 6.57. The summed E-state index contributed by atoms with van der Waals surface area (Å²) in [5.74, 6) is 2.93. The highest BCUT2D eigenvalue weighted by molar-refractivity contribution is 7.68. The topological polar surface area (TPSA) is 27.7 Å². The molecule has 2 aromatic rings. The zero-order valence-electron chi connectivity index (χ0n) is 18.4. The van der Waals surface area contributed by atoms with Crippen molar-refractivity contribution in [3.05, 3.63) is 36.4 Å². The summed E-state index contributed by atoms with van der Waals surface area (Å²) in [6.45, 7) is 17.4. The maximum Gasteiger partial charge on any atom is 0.131 e. The number of rotatable bonds is 5. The van der Waals surface area contributed by atoms with Crippen molar-refractivity contribution in [3.8, 4) is 28.4 Å². The molecule has 3 nitrogen and oxygen atoms in total. The molecule has 4 heteroatoms. The van der Waals surface area contributed by atoms with E-state index in [1.165, 1.54) is 10.9 Å². The van der Waals surface area contributed by atoms with Crippen molar-refractivity contribution in [2.45, 2.75) is 78.6 Å². The van der Waals surface area contributed by atoms with Gasteiger partial charge in [0.05, 0.1) is 17.8 Å². The van der Waals surface area contributed by atoms with E-state index in [2.05, 4.69) is 73.6 Å². The fourth-order valence-corrected chi connectivity index (χ4v) is 7.00. The van der Waals surface area contributed by atoms with Crippen LogP contribution < -0.4 is 19.5 Å². The Bertz CT molecular complexity index is 808. The van der Waals surface area contributed by atoms with E-state index in [0.29, 0.717) is 0 Å². The maximum atomic E-state index is 6.30. The smallest absolute Gasteiger partial charge is 0.131 e. The molecular weight excluding hydrogens is 367 g/mol. The van der Waals surface area contributed by atoms with Gasteiger partial charge < -0.3 is 14.2 Å². The van der Waals surface area contributed by atoms with Crippen LogP contribution in [0, 0.1) is 0 Å². The predicted molar refractivity (Wildman–Crippen MR) is 120 cm³/mol. The molecule has 3 rings (SSSR count). The Morgan fingerprint density at radius 2 is 1.43 bits per heavy atom. The van der Waals surface area contributed by atoms with Gasteiger partial charge in [-0.3, -0.25) is 0 Å². The van der Waals surface area contributed by atoms with Crippen molar-refractivity contribution in [2.75, 3.05) is 0 Å². The van der Waals surface area contributed by atoms with Crippen LogP contribution in [0.15, 0.2) is 36.4 Å². The average Bonchev–Trinajstić information content (AvgIpc) is 2.90. The van der Waals surface area contributed by atoms with E-state index in [4.69, 9.17) is 14.2 Å². The SMILES string of the molecule is CC(C)Oc1cccc(OC(C)C)c1-c1cccc2c1P(C(C)(C)C)[C@@H](C)O2. The molecule has 2 atom stereocenters. The first-order valence-electron chi connectivity index (χ1n) is 10.1. The molecule has 0 aliphatic carbocycles. The molecule has 0 aromatic heterocycles. The first-order valence-corrected chi connectivity index (χ1v) is 11.6. The molecule has 0 saturated carbocycles. The summed E-state index contributed by atoms with van der Waals surface area (Å²) >= 11 is 0. The lowest BCUT2D eigenvalue weighted by atomic mass is 10.0. The summed E-state index contributed by atoms with van der Waals surface area (Å²) in [4.78, 5) is 0. The number of benzene rings is 2. The first-order chi connectivity index (χ1) is 13.1. The minimum absolute atomic E-state index is 0.0871. The van der Waals surface area contributed by atoms with Crippen LogP contribution in [-0.2, 0) is 0 Å². The van der Waals surface area contributed by atoms with E-state index < -0.39 is 7.92 Å². The van der Waals surface area contributed by atoms with Crippen molar-refractivity contribution in [1.29, 1.82) is 0 Å². The summed E-state index contributed by atoms with van der Waals surface area (Å²) in [5.41, 5.74) is 2.21. The van der Waals surface area contributed by atoms with E-state index >= 15 is 0 Å². The van der Waals surface area contributed by atoms with Crippen molar-refractivity contribution in [3.63, 3.8) is 0 Å². The maximum absolute atomic E-state index is 6.30. The molecule has 0 amide bonds. The lowest BCUT2D eigenvalue weighted by molar-refractivity contribution is 0.231. The van der Waals surface area contributed by atoms with Gasteiger partial charge >= 0.3 is 0 Å². The molecule has 1 heterocycles. The van der Waals surface area contributed by atoms with Crippen molar-refractivity contribution in [2.24, 2.45) is 0 Å². The van der Waals surface area contributed by atoms with Crippen LogP contribution in [0.4, 0.5) is 0 Å². The molecule has 0 radical (unpaired) electrons. The van der Waals surface area contributed by atoms with Crippen LogP contribution >= 0.6 is 7.92 Å². The van der Waals surface area contributed by atoms with Crippen molar-refractivity contribution in [1.82, 2.24) is 0 Å². The zero-order valence-corrected chi connectivity index (χ0v) is 19.3. The molecule has 0 fully saturated rings. The van der Waals surface area contributed by atoms with Crippen molar-refractivity contribution >= 4 is 13.2 Å². The first kappa shape index (κ1) is 21.0. The second kappa shape index (κ2) is 7.95. The Kier molecular flexibility index (Phi) is 5.96. The van der Waals surface area contributed by atoms with Gasteiger partial charge in [-0.15, -0.1) is 0 Å². The Morgan fingerprint density at radius 1 is 0.893 bits per heavy atom. The van der Waals surface area contributed by atoms with E-state index in [1.807, 2.05) is 18.2 Å². The van der Waals surface area contributed by atoms with Crippen LogP contribution in [0.1, 0.15) is 55.4 Å². The fraction of sp³-hybridized carbons (Fsp3) is 0.500. The largest absolute Gasteiger partial charge is 0.490 e. The van der Waals surface area contributed by atoms with Crippen LogP contribution in [0.2, 0.25) is 0 Å². The standard InChI is InChI=1S/C24H33O3P/c1-15(2)25-19-12-10-13-20(26-16(3)4)22(19)18-11-9-14-21-23(18)28(17(5)27-21)24(6,7)8/h9-17H,1-8H3/t17-,28?/m0/s1. The van der Waals surface area contributed by atoms with Gasteiger partial charge in [0.15, 0.2) is 0 Å². The van der Waals surface area contributed by atoms with Gasteiger partial charge in [-0.25, -0.2) is 0 Å². The van der Waals surface area contributed by atoms with Gasteiger partial charge in [-0.2, -0.15) is 0 Å². The van der Waals surface area contributed by atoms with Gasteiger partial charge in [-0.1, -0.05) is 39.0 Å². The van der Waals surface area contributed by atoms with Crippen LogP contribution in [-0.4, -0.2) is 23.2 Å². The Morgan fingerprint density at radius 3 is 1.93 bits per heavy atom. The van der Waals surface area contributed by atoms with E-state index in [0.717, 1.165) is 22.8 Å². The van der Waals surface area contributed by atoms with Crippen LogP contribution in [0.25, 0.3) is 11.1 Å². The zero-order chi connectivity index (χ0) is 20.6. The van der Waals surface area contributed by atoms with E-state index in [9.17, 15) is 0 Å². The van der Waals surface area contributed by atoms with Crippen LogP contribution in [0.5, 0.6) is 17.2 Å². The molecule has 152 valence electrons. The molecule has 28 heavy (non-hydrogen) atoms. The van der Waals surface area contributed by atoms with E-state index in [-0.39, 0.29) is 23.2 Å². The lowest BCUT2D eigenvalue weighted by Crippen LogP contribution is -2.23. The molecule has 0 spiro atoms. The molecule has 2 aromatic carbocycles. The minimum Gasteiger partial charge on any atom is -0.490 e. The molecule has 1 aliphatic heterocycles. The molecular formula is C24H33O3P.